The van der Waals surface area contributed by atoms with E-state index in [1.807, 2.05) is 23.1 Å². The SMILES string of the molecule is CN1CCN(C(=O)c2cc(Cl)c3c(c2)OCCO3)[C@H](c2ccccc2)C1. The second-order valence-corrected chi connectivity index (χ2v) is 7.08. The molecule has 1 atom stereocenters. The van der Waals surface area contributed by atoms with E-state index in [9.17, 15) is 4.79 Å². The van der Waals surface area contributed by atoms with Crippen molar-refractivity contribution in [2.24, 2.45) is 0 Å². The maximum Gasteiger partial charge on any atom is 0.254 e. The van der Waals surface area contributed by atoms with Gasteiger partial charge in [-0.1, -0.05) is 41.9 Å². The van der Waals surface area contributed by atoms with E-state index in [0.29, 0.717) is 41.8 Å². The van der Waals surface area contributed by atoms with E-state index in [0.717, 1.165) is 18.7 Å². The first kappa shape index (κ1) is 17.2. The number of halogens is 1. The summed E-state index contributed by atoms with van der Waals surface area (Å²) < 4.78 is 11.2. The largest absolute Gasteiger partial charge is 0.486 e. The van der Waals surface area contributed by atoms with E-state index in [1.165, 1.54) is 0 Å². The Kier molecular flexibility index (Phi) is 4.74. The molecule has 0 aliphatic carbocycles. The van der Waals surface area contributed by atoms with E-state index >= 15 is 0 Å². The van der Waals surface area contributed by atoms with Crippen LogP contribution in [0.5, 0.6) is 11.5 Å². The molecule has 26 heavy (non-hydrogen) atoms. The van der Waals surface area contributed by atoms with Gasteiger partial charge in [0.05, 0.1) is 11.1 Å². The molecule has 1 amide bonds. The first-order valence-electron chi connectivity index (χ1n) is 8.77. The highest BCUT2D eigenvalue weighted by atomic mass is 35.5. The van der Waals surface area contributed by atoms with Crippen molar-refractivity contribution in [2.75, 3.05) is 39.9 Å². The van der Waals surface area contributed by atoms with Gasteiger partial charge in [-0.05, 0) is 24.7 Å². The number of ether oxygens (including phenoxy) is 2. The molecule has 0 radical (unpaired) electrons. The van der Waals surface area contributed by atoms with Gasteiger partial charge in [0.25, 0.3) is 5.91 Å². The number of amides is 1. The number of rotatable bonds is 2. The predicted molar refractivity (Wildman–Crippen MR) is 100 cm³/mol. The highest BCUT2D eigenvalue weighted by Crippen LogP contribution is 2.39. The average Bonchev–Trinajstić information content (AvgIpc) is 2.68. The Morgan fingerprint density at radius 3 is 2.69 bits per heavy atom. The molecule has 0 N–H and O–H groups in total. The fourth-order valence-corrected chi connectivity index (χ4v) is 3.79. The molecular formula is C20H21ClN2O3. The van der Waals surface area contributed by atoms with Crippen LogP contribution in [-0.2, 0) is 0 Å². The third kappa shape index (κ3) is 3.24. The summed E-state index contributed by atoms with van der Waals surface area (Å²) in [5, 5.41) is 0.413. The Balaban J connectivity index is 1.67. The van der Waals surface area contributed by atoms with Gasteiger partial charge in [-0.2, -0.15) is 0 Å². The smallest absolute Gasteiger partial charge is 0.254 e. The van der Waals surface area contributed by atoms with Crippen molar-refractivity contribution < 1.29 is 14.3 Å². The Bertz CT molecular complexity index is 812. The van der Waals surface area contributed by atoms with Crippen molar-refractivity contribution >= 4 is 17.5 Å². The number of hydrogen-bond acceptors (Lipinski definition) is 4. The average molecular weight is 373 g/mol. The number of hydrogen-bond donors (Lipinski definition) is 0. The lowest BCUT2D eigenvalue weighted by Crippen LogP contribution is -2.49. The number of carbonyl (C=O) groups excluding carboxylic acids is 1. The quantitative estimate of drug-likeness (QED) is 0.811. The molecular weight excluding hydrogens is 352 g/mol. The minimum absolute atomic E-state index is 0.00873. The second kappa shape index (κ2) is 7.17. The van der Waals surface area contributed by atoms with Crippen LogP contribution < -0.4 is 9.47 Å². The fourth-order valence-electron chi connectivity index (χ4n) is 3.52. The summed E-state index contributed by atoms with van der Waals surface area (Å²) in [6.07, 6.45) is 0. The van der Waals surface area contributed by atoms with Crippen LogP contribution in [0.2, 0.25) is 5.02 Å². The van der Waals surface area contributed by atoms with Gasteiger partial charge in [0, 0.05) is 25.2 Å². The summed E-state index contributed by atoms with van der Waals surface area (Å²) in [5.41, 5.74) is 1.67. The predicted octanol–water partition coefficient (Wildman–Crippen LogP) is 3.24. The molecule has 4 rings (SSSR count). The van der Waals surface area contributed by atoms with E-state index < -0.39 is 0 Å². The molecule has 1 saturated heterocycles. The standard InChI is InChI=1S/C20H21ClN2O3/c1-22-7-8-23(17(13-22)14-5-3-2-4-6-14)20(24)15-11-16(21)19-18(12-15)25-9-10-26-19/h2-6,11-12,17H,7-10,13H2,1H3/t17-/m0/s1. The first-order chi connectivity index (χ1) is 12.6. The molecule has 136 valence electrons. The van der Waals surface area contributed by atoms with Crippen molar-refractivity contribution in [3.63, 3.8) is 0 Å². The van der Waals surface area contributed by atoms with E-state index in [-0.39, 0.29) is 11.9 Å². The Morgan fingerprint density at radius 2 is 1.88 bits per heavy atom. The van der Waals surface area contributed by atoms with E-state index in [4.69, 9.17) is 21.1 Å². The zero-order valence-electron chi connectivity index (χ0n) is 14.7. The van der Waals surface area contributed by atoms with Crippen LogP contribution in [0.3, 0.4) is 0 Å². The third-order valence-corrected chi connectivity index (χ3v) is 5.15. The van der Waals surface area contributed by atoms with Crippen LogP contribution in [0.15, 0.2) is 42.5 Å². The van der Waals surface area contributed by atoms with E-state index in [1.54, 1.807) is 12.1 Å². The van der Waals surface area contributed by atoms with Crippen molar-refractivity contribution in [1.29, 1.82) is 0 Å². The topological polar surface area (TPSA) is 42.0 Å². The summed E-state index contributed by atoms with van der Waals surface area (Å²) in [4.78, 5) is 17.5. The molecule has 0 spiro atoms. The molecule has 2 aromatic carbocycles. The van der Waals surface area contributed by atoms with Crippen molar-refractivity contribution in [1.82, 2.24) is 9.80 Å². The minimum Gasteiger partial charge on any atom is -0.486 e. The van der Waals surface area contributed by atoms with Gasteiger partial charge in [0.15, 0.2) is 11.5 Å². The molecule has 5 nitrogen and oxygen atoms in total. The highest BCUT2D eigenvalue weighted by Gasteiger charge is 2.32. The van der Waals surface area contributed by atoms with Crippen LogP contribution >= 0.6 is 11.6 Å². The first-order valence-corrected chi connectivity index (χ1v) is 9.15. The third-order valence-electron chi connectivity index (χ3n) is 4.87. The number of fused-ring (bicyclic) bond motifs is 1. The summed E-state index contributed by atoms with van der Waals surface area (Å²) in [7, 11) is 2.08. The Morgan fingerprint density at radius 1 is 1.12 bits per heavy atom. The van der Waals surface area contributed by atoms with Crippen LogP contribution in [0.25, 0.3) is 0 Å². The van der Waals surface area contributed by atoms with Crippen molar-refractivity contribution in [3.8, 4) is 11.5 Å². The van der Waals surface area contributed by atoms with Crippen LogP contribution in [0, 0.1) is 0 Å². The molecule has 1 fully saturated rings. The molecule has 0 saturated carbocycles. The molecule has 2 aliphatic rings. The van der Waals surface area contributed by atoms with Gasteiger partial charge in [-0.3, -0.25) is 4.79 Å². The van der Waals surface area contributed by atoms with Crippen LogP contribution in [0.4, 0.5) is 0 Å². The summed E-state index contributed by atoms with van der Waals surface area (Å²) in [6, 6.07) is 13.6. The number of piperazine rings is 1. The van der Waals surface area contributed by atoms with Crippen LogP contribution in [0.1, 0.15) is 22.0 Å². The number of benzene rings is 2. The molecule has 0 aromatic heterocycles. The maximum atomic E-state index is 13.3. The molecule has 2 aromatic rings. The molecule has 0 bridgehead atoms. The normalized spacial score (nSPS) is 20.1. The lowest BCUT2D eigenvalue weighted by molar-refractivity contribution is 0.0497. The number of likely N-dealkylation sites (N-methyl/N-ethyl adjacent to an activating group) is 1. The van der Waals surface area contributed by atoms with Gasteiger partial charge < -0.3 is 19.3 Å². The number of carbonyl (C=O) groups is 1. The Labute approximate surface area is 158 Å². The molecule has 2 heterocycles. The van der Waals surface area contributed by atoms with Gasteiger partial charge in [-0.25, -0.2) is 0 Å². The Hall–Kier alpha value is -2.24. The molecule has 6 heteroatoms. The monoisotopic (exact) mass is 372 g/mol. The highest BCUT2D eigenvalue weighted by molar-refractivity contribution is 6.32. The summed E-state index contributed by atoms with van der Waals surface area (Å²) in [6.45, 7) is 3.24. The van der Waals surface area contributed by atoms with Crippen LogP contribution in [-0.4, -0.2) is 55.6 Å². The number of nitrogens with zero attached hydrogens (tertiary/aromatic N) is 2. The zero-order chi connectivity index (χ0) is 18.1. The summed E-state index contributed by atoms with van der Waals surface area (Å²) in [5.74, 6) is 1.02. The second-order valence-electron chi connectivity index (χ2n) is 6.67. The summed E-state index contributed by atoms with van der Waals surface area (Å²) >= 11 is 6.32. The maximum absolute atomic E-state index is 13.3. The van der Waals surface area contributed by atoms with Gasteiger partial charge in [-0.15, -0.1) is 0 Å². The van der Waals surface area contributed by atoms with Gasteiger partial charge in [0.1, 0.15) is 13.2 Å². The van der Waals surface area contributed by atoms with Crippen molar-refractivity contribution in [3.05, 3.63) is 58.6 Å². The van der Waals surface area contributed by atoms with Gasteiger partial charge in [0.2, 0.25) is 0 Å². The van der Waals surface area contributed by atoms with E-state index in [2.05, 4.69) is 24.1 Å². The lowest BCUT2D eigenvalue weighted by atomic mass is 10.0. The molecule has 0 unspecified atom stereocenters. The van der Waals surface area contributed by atoms with Crippen molar-refractivity contribution in [2.45, 2.75) is 6.04 Å². The lowest BCUT2D eigenvalue weighted by Gasteiger charge is -2.40. The van der Waals surface area contributed by atoms with Gasteiger partial charge >= 0.3 is 0 Å². The minimum atomic E-state index is -0.0363. The zero-order valence-corrected chi connectivity index (χ0v) is 15.4. The fraction of sp³-hybridized carbons (Fsp3) is 0.350. The molecule has 2 aliphatic heterocycles.